The number of hydrogen-bond donors (Lipinski definition) is 2. The Hall–Kier alpha value is -1.36. The van der Waals surface area contributed by atoms with E-state index >= 15 is 0 Å². The molecule has 1 amide bonds. The van der Waals surface area contributed by atoms with Crippen molar-refractivity contribution in [2.75, 3.05) is 11.9 Å². The van der Waals surface area contributed by atoms with Crippen molar-refractivity contribution in [3.63, 3.8) is 0 Å². The molecule has 5 heteroatoms. The van der Waals surface area contributed by atoms with Gasteiger partial charge in [0.2, 0.25) is 5.91 Å². The van der Waals surface area contributed by atoms with Crippen LogP contribution in [0.15, 0.2) is 12.3 Å². The molecule has 1 aromatic heterocycles. The Labute approximate surface area is 88.8 Å². The van der Waals surface area contributed by atoms with Gasteiger partial charge >= 0.3 is 0 Å². The van der Waals surface area contributed by atoms with Crippen LogP contribution < -0.4 is 10.6 Å². The highest BCUT2D eigenvalue weighted by atomic mass is 16.2. The molecule has 0 aliphatic carbocycles. The van der Waals surface area contributed by atoms with Gasteiger partial charge in [-0.15, -0.1) is 0 Å². The van der Waals surface area contributed by atoms with Crippen LogP contribution in [0.3, 0.4) is 0 Å². The summed E-state index contributed by atoms with van der Waals surface area (Å²) in [6.07, 6.45) is 3.73. The Morgan fingerprint density at radius 2 is 2.53 bits per heavy atom. The number of nitrogens with zero attached hydrogens (tertiary/aromatic N) is 2. The number of nitrogens with one attached hydrogen (secondary N) is 2. The first-order valence-corrected chi connectivity index (χ1v) is 5.16. The zero-order valence-electron chi connectivity index (χ0n) is 9.08. The van der Waals surface area contributed by atoms with Gasteiger partial charge in [-0.3, -0.25) is 9.48 Å². The summed E-state index contributed by atoms with van der Waals surface area (Å²) in [6.45, 7) is 2.84. The molecule has 1 atom stereocenters. The standard InChI is InChI=1S/C10H16N4O/c1-10(5-3-6-11-10)9(15)12-8-4-7-14(2)13-8/h4,7,11H,3,5-6H2,1-2H3,(H,12,13,15). The molecule has 0 radical (unpaired) electrons. The third kappa shape index (κ3) is 2.02. The molecule has 15 heavy (non-hydrogen) atoms. The zero-order valence-corrected chi connectivity index (χ0v) is 9.08. The lowest BCUT2D eigenvalue weighted by atomic mass is 9.99. The third-order valence-electron chi connectivity index (χ3n) is 2.83. The molecule has 82 valence electrons. The van der Waals surface area contributed by atoms with Crippen LogP contribution in [0.25, 0.3) is 0 Å². The predicted molar refractivity (Wildman–Crippen MR) is 57.5 cm³/mol. The molecule has 2 heterocycles. The first kappa shape index (κ1) is 10.2. The highest BCUT2D eigenvalue weighted by molar-refractivity contribution is 5.97. The summed E-state index contributed by atoms with van der Waals surface area (Å²) < 4.78 is 1.67. The second-order valence-corrected chi connectivity index (χ2v) is 4.19. The average molecular weight is 208 g/mol. The number of carbonyl (C=O) groups excluding carboxylic acids is 1. The molecule has 2 N–H and O–H groups in total. The minimum absolute atomic E-state index is 0.00120. The number of rotatable bonds is 2. The third-order valence-corrected chi connectivity index (χ3v) is 2.83. The minimum Gasteiger partial charge on any atom is -0.308 e. The average Bonchev–Trinajstić information content (AvgIpc) is 2.76. The lowest BCUT2D eigenvalue weighted by molar-refractivity contribution is -0.121. The summed E-state index contributed by atoms with van der Waals surface area (Å²) in [4.78, 5) is 11.9. The van der Waals surface area contributed by atoms with Crippen LogP contribution in [0.4, 0.5) is 5.82 Å². The Kier molecular flexibility index (Phi) is 2.48. The van der Waals surface area contributed by atoms with Crippen LogP contribution in [0.2, 0.25) is 0 Å². The molecule has 5 nitrogen and oxygen atoms in total. The van der Waals surface area contributed by atoms with Gasteiger partial charge in [0.25, 0.3) is 0 Å². The smallest absolute Gasteiger partial charge is 0.245 e. The molecule has 0 saturated carbocycles. The maximum absolute atomic E-state index is 11.9. The lowest BCUT2D eigenvalue weighted by Gasteiger charge is -2.22. The van der Waals surface area contributed by atoms with Crippen LogP contribution in [-0.4, -0.2) is 27.8 Å². The van der Waals surface area contributed by atoms with Crippen LogP contribution >= 0.6 is 0 Å². The summed E-state index contributed by atoms with van der Waals surface area (Å²) >= 11 is 0. The summed E-state index contributed by atoms with van der Waals surface area (Å²) in [5.41, 5.74) is -0.433. The predicted octanol–water partition coefficient (Wildman–Crippen LogP) is 0.501. The Morgan fingerprint density at radius 3 is 3.07 bits per heavy atom. The monoisotopic (exact) mass is 208 g/mol. The summed E-state index contributed by atoms with van der Waals surface area (Å²) in [6, 6.07) is 1.79. The number of anilines is 1. The fourth-order valence-electron chi connectivity index (χ4n) is 1.82. The van der Waals surface area contributed by atoms with Gasteiger partial charge in [-0.2, -0.15) is 5.10 Å². The van der Waals surface area contributed by atoms with Crippen LogP contribution in [0, 0.1) is 0 Å². The molecule has 1 unspecified atom stereocenters. The van der Waals surface area contributed by atoms with Crippen molar-refractivity contribution in [1.82, 2.24) is 15.1 Å². The Bertz CT molecular complexity index is 365. The normalized spacial score (nSPS) is 25.5. The molecule has 1 aliphatic heterocycles. The number of amides is 1. The van der Waals surface area contributed by atoms with Gasteiger partial charge < -0.3 is 10.6 Å². The van der Waals surface area contributed by atoms with Gasteiger partial charge in [-0.05, 0) is 26.3 Å². The molecule has 0 aromatic carbocycles. The van der Waals surface area contributed by atoms with Gasteiger partial charge in [0.15, 0.2) is 5.82 Å². The van der Waals surface area contributed by atoms with E-state index in [4.69, 9.17) is 0 Å². The Balaban J connectivity index is 2.03. The van der Waals surface area contributed by atoms with E-state index in [2.05, 4.69) is 15.7 Å². The second kappa shape index (κ2) is 3.66. The van der Waals surface area contributed by atoms with E-state index in [1.807, 2.05) is 14.0 Å². The van der Waals surface area contributed by atoms with Crippen LogP contribution in [0.5, 0.6) is 0 Å². The van der Waals surface area contributed by atoms with Gasteiger partial charge in [-0.25, -0.2) is 0 Å². The lowest BCUT2D eigenvalue weighted by Crippen LogP contribution is -2.48. The van der Waals surface area contributed by atoms with Crippen LogP contribution in [-0.2, 0) is 11.8 Å². The number of aromatic nitrogens is 2. The second-order valence-electron chi connectivity index (χ2n) is 4.19. The van der Waals surface area contributed by atoms with Crippen molar-refractivity contribution in [3.8, 4) is 0 Å². The molecular formula is C10H16N4O. The molecule has 1 saturated heterocycles. The van der Waals surface area contributed by atoms with Crippen molar-refractivity contribution < 1.29 is 4.79 Å². The zero-order chi connectivity index (χ0) is 10.9. The van der Waals surface area contributed by atoms with E-state index < -0.39 is 5.54 Å². The fourth-order valence-corrected chi connectivity index (χ4v) is 1.82. The summed E-state index contributed by atoms with van der Waals surface area (Å²) in [5.74, 6) is 0.608. The van der Waals surface area contributed by atoms with Crippen molar-refractivity contribution in [2.45, 2.75) is 25.3 Å². The van der Waals surface area contributed by atoms with Gasteiger partial charge in [-0.1, -0.05) is 0 Å². The van der Waals surface area contributed by atoms with E-state index in [1.54, 1.807) is 16.9 Å². The molecular weight excluding hydrogens is 192 g/mol. The topological polar surface area (TPSA) is 59.0 Å². The van der Waals surface area contributed by atoms with E-state index in [-0.39, 0.29) is 5.91 Å². The Morgan fingerprint density at radius 1 is 1.73 bits per heavy atom. The van der Waals surface area contributed by atoms with Gasteiger partial charge in [0, 0.05) is 19.3 Å². The van der Waals surface area contributed by atoms with Crippen molar-refractivity contribution in [1.29, 1.82) is 0 Å². The molecule has 2 rings (SSSR count). The SMILES string of the molecule is Cn1ccc(NC(=O)C2(C)CCCN2)n1. The highest BCUT2D eigenvalue weighted by Gasteiger charge is 2.36. The quantitative estimate of drug-likeness (QED) is 0.744. The first-order valence-electron chi connectivity index (χ1n) is 5.16. The maximum atomic E-state index is 11.9. The van der Waals surface area contributed by atoms with Crippen molar-refractivity contribution >= 4 is 11.7 Å². The van der Waals surface area contributed by atoms with E-state index in [0.29, 0.717) is 5.82 Å². The highest BCUT2D eigenvalue weighted by Crippen LogP contribution is 2.20. The van der Waals surface area contributed by atoms with E-state index in [0.717, 1.165) is 19.4 Å². The van der Waals surface area contributed by atoms with Gasteiger partial charge in [0.1, 0.15) is 0 Å². The summed E-state index contributed by atoms with van der Waals surface area (Å²) in [7, 11) is 1.82. The minimum atomic E-state index is -0.433. The first-order chi connectivity index (χ1) is 7.10. The number of aryl methyl sites for hydroxylation is 1. The number of hydrogen-bond acceptors (Lipinski definition) is 3. The van der Waals surface area contributed by atoms with Crippen molar-refractivity contribution in [3.05, 3.63) is 12.3 Å². The largest absolute Gasteiger partial charge is 0.308 e. The fraction of sp³-hybridized carbons (Fsp3) is 0.600. The van der Waals surface area contributed by atoms with Crippen LogP contribution in [0.1, 0.15) is 19.8 Å². The maximum Gasteiger partial charge on any atom is 0.245 e. The number of carbonyl (C=O) groups is 1. The molecule has 0 bridgehead atoms. The van der Waals surface area contributed by atoms with E-state index in [9.17, 15) is 4.79 Å². The van der Waals surface area contributed by atoms with E-state index in [1.165, 1.54) is 0 Å². The molecule has 0 spiro atoms. The summed E-state index contributed by atoms with van der Waals surface area (Å²) in [5, 5.41) is 10.1. The molecule has 1 aromatic rings. The molecule has 1 aliphatic rings. The van der Waals surface area contributed by atoms with Crippen molar-refractivity contribution in [2.24, 2.45) is 7.05 Å². The molecule has 1 fully saturated rings. The van der Waals surface area contributed by atoms with Gasteiger partial charge in [0.05, 0.1) is 5.54 Å².